The van der Waals surface area contributed by atoms with Gasteiger partial charge in [0.15, 0.2) is 6.30 Å². The smallest absolute Gasteiger partial charge is 0.153 e. The molecule has 1 saturated heterocycles. The lowest BCUT2D eigenvalue weighted by atomic mass is 10.4. The molecule has 0 bridgehead atoms. The van der Waals surface area contributed by atoms with Crippen molar-refractivity contribution in [3.63, 3.8) is 0 Å². The molecule has 1 rings (SSSR count). The number of alkyl halides is 2. The van der Waals surface area contributed by atoms with E-state index in [9.17, 15) is 4.39 Å². The summed E-state index contributed by atoms with van der Waals surface area (Å²) in [7, 11) is 0. The number of nitrogens with one attached hydrogen (secondary N) is 1. The summed E-state index contributed by atoms with van der Waals surface area (Å²) >= 11 is 5.53. The van der Waals surface area contributed by atoms with Crippen LogP contribution in [0.25, 0.3) is 0 Å². The molecule has 2 atom stereocenters. The lowest BCUT2D eigenvalue weighted by Gasteiger charge is -2.04. The second kappa shape index (κ2) is 3.34. The Morgan fingerprint density at radius 3 is 3.22 bits per heavy atom. The minimum absolute atomic E-state index is 0.370. The number of ether oxygens (including phenoxy) is 1. The van der Waals surface area contributed by atoms with Crippen molar-refractivity contribution in [2.75, 3.05) is 13.2 Å². The van der Waals surface area contributed by atoms with Gasteiger partial charge in [0.2, 0.25) is 0 Å². The van der Waals surface area contributed by atoms with Crippen LogP contribution in [0.5, 0.6) is 0 Å². The highest BCUT2D eigenvalue weighted by atomic mass is 35.5. The summed E-state index contributed by atoms with van der Waals surface area (Å²) in [6.45, 7) is 0.797. The van der Waals surface area contributed by atoms with Gasteiger partial charge in [-0.05, 0) is 0 Å². The third kappa shape index (κ3) is 2.47. The van der Waals surface area contributed by atoms with Crippen LogP contribution in [0.15, 0.2) is 0 Å². The van der Waals surface area contributed by atoms with Gasteiger partial charge in [0, 0.05) is 13.0 Å². The molecule has 1 heterocycles. The van der Waals surface area contributed by atoms with E-state index in [0.29, 0.717) is 19.6 Å². The first kappa shape index (κ1) is 7.25. The molecule has 9 heavy (non-hydrogen) atoms. The molecular formula is C5H9ClFNO. The first-order chi connectivity index (χ1) is 4.29. The Hall–Kier alpha value is 0.140. The van der Waals surface area contributed by atoms with Gasteiger partial charge in [-0.1, -0.05) is 11.6 Å². The standard InChI is InChI=1S/C5H9ClFNO/c6-4-3-8-5(7)1-2-9-4/h4-5,8H,1-3H2. The zero-order valence-corrected chi connectivity index (χ0v) is 5.70. The van der Waals surface area contributed by atoms with E-state index in [1.54, 1.807) is 0 Å². The Morgan fingerprint density at radius 1 is 1.67 bits per heavy atom. The summed E-state index contributed by atoms with van der Waals surface area (Å²) in [5.74, 6) is 0. The van der Waals surface area contributed by atoms with Crippen LogP contribution >= 0.6 is 11.6 Å². The zero-order chi connectivity index (χ0) is 6.69. The van der Waals surface area contributed by atoms with Gasteiger partial charge in [-0.15, -0.1) is 0 Å². The predicted octanol–water partition coefficient (Wildman–Crippen LogP) is 0.857. The highest BCUT2D eigenvalue weighted by Crippen LogP contribution is 2.05. The van der Waals surface area contributed by atoms with Gasteiger partial charge in [-0.25, -0.2) is 4.39 Å². The average Bonchev–Trinajstić information content (AvgIpc) is 1.97. The first-order valence-corrected chi connectivity index (χ1v) is 3.36. The average molecular weight is 154 g/mol. The van der Waals surface area contributed by atoms with E-state index < -0.39 is 6.30 Å². The molecule has 2 unspecified atom stereocenters. The van der Waals surface area contributed by atoms with Crippen molar-refractivity contribution in [1.82, 2.24) is 5.32 Å². The van der Waals surface area contributed by atoms with Gasteiger partial charge in [-0.2, -0.15) is 0 Å². The van der Waals surface area contributed by atoms with E-state index >= 15 is 0 Å². The van der Waals surface area contributed by atoms with Crippen LogP contribution in [0.4, 0.5) is 4.39 Å². The summed E-state index contributed by atoms with van der Waals surface area (Å²) in [5.41, 5.74) is -0.370. The summed E-state index contributed by atoms with van der Waals surface area (Å²) in [6.07, 6.45) is -0.558. The first-order valence-electron chi connectivity index (χ1n) is 2.92. The monoisotopic (exact) mass is 153 g/mol. The molecule has 0 radical (unpaired) electrons. The number of halogens is 2. The number of rotatable bonds is 0. The lowest BCUT2D eigenvalue weighted by Crippen LogP contribution is -2.27. The van der Waals surface area contributed by atoms with Gasteiger partial charge in [0.1, 0.15) is 5.56 Å². The fourth-order valence-electron chi connectivity index (χ4n) is 0.681. The molecule has 0 aliphatic carbocycles. The van der Waals surface area contributed by atoms with E-state index in [-0.39, 0.29) is 5.56 Å². The van der Waals surface area contributed by atoms with E-state index in [0.717, 1.165) is 0 Å². The number of hydrogen-bond donors (Lipinski definition) is 1. The van der Waals surface area contributed by atoms with Crippen molar-refractivity contribution in [2.45, 2.75) is 18.3 Å². The number of hydrogen-bond acceptors (Lipinski definition) is 2. The van der Waals surface area contributed by atoms with Crippen LogP contribution in [0, 0.1) is 0 Å². The van der Waals surface area contributed by atoms with Crippen molar-refractivity contribution >= 4 is 11.6 Å². The largest absolute Gasteiger partial charge is 0.361 e. The quantitative estimate of drug-likeness (QED) is 0.412. The van der Waals surface area contributed by atoms with Gasteiger partial charge < -0.3 is 4.74 Å². The Balaban J connectivity index is 2.25. The molecule has 0 saturated carbocycles. The van der Waals surface area contributed by atoms with Crippen molar-refractivity contribution < 1.29 is 9.13 Å². The van der Waals surface area contributed by atoms with Gasteiger partial charge in [0.05, 0.1) is 6.61 Å². The predicted molar refractivity (Wildman–Crippen MR) is 33.1 cm³/mol. The second-order valence-electron chi connectivity index (χ2n) is 1.95. The van der Waals surface area contributed by atoms with E-state index in [2.05, 4.69) is 5.32 Å². The van der Waals surface area contributed by atoms with E-state index in [4.69, 9.17) is 16.3 Å². The van der Waals surface area contributed by atoms with Crippen molar-refractivity contribution in [2.24, 2.45) is 0 Å². The van der Waals surface area contributed by atoms with Crippen molar-refractivity contribution in [3.8, 4) is 0 Å². The molecule has 0 spiro atoms. The van der Waals surface area contributed by atoms with Gasteiger partial charge in [-0.3, -0.25) is 5.32 Å². The van der Waals surface area contributed by atoms with Crippen molar-refractivity contribution in [1.29, 1.82) is 0 Å². The fourth-order valence-corrected chi connectivity index (χ4v) is 0.859. The second-order valence-corrected chi connectivity index (χ2v) is 2.43. The molecule has 0 aromatic heterocycles. The van der Waals surface area contributed by atoms with Crippen LogP contribution in [-0.2, 0) is 4.74 Å². The summed E-state index contributed by atoms with van der Waals surface area (Å²) in [5, 5.41) is 2.57. The lowest BCUT2D eigenvalue weighted by molar-refractivity contribution is 0.117. The SMILES string of the molecule is FC1CCOC(Cl)CN1. The van der Waals surface area contributed by atoms with Crippen LogP contribution in [0.1, 0.15) is 6.42 Å². The van der Waals surface area contributed by atoms with Crippen LogP contribution in [0.2, 0.25) is 0 Å². The molecule has 0 aromatic rings. The maximum Gasteiger partial charge on any atom is 0.153 e. The van der Waals surface area contributed by atoms with Gasteiger partial charge >= 0.3 is 0 Å². The minimum atomic E-state index is -0.950. The van der Waals surface area contributed by atoms with E-state index in [1.807, 2.05) is 0 Å². The van der Waals surface area contributed by atoms with Crippen LogP contribution in [-0.4, -0.2) is 25.0 Å². The minimum Gasteiger partial charge on any atom is -0.361 e. The Kier molecular flexibility index (Phi) is 2.69. The topological polar surface area (TPSA) is 21.3 Å². The van der Waals surface area contributed by atoms with Crippen LogP contribution < -0.4 is 5.32 Å². The molecular weight excluding hydrogens is 145 g/mol. The Bertz CT molecular complexity index is 83.0. The normalized spacial score (nSPS) is 38.0. The summed E-state index contributed by atoms with van der Waals surface area (Å²) in [4.78, 5) is 0. The molecule has 4 heteroatoms. The molecule has 1 aliphatic rings. The van der Waals surface area contributed by atoms with Gasteiger partial charge in [0.25, 0.3) is 0 Å². The summed E-state index contributed by atoms with van der Waals surface area (Å²) in [6, 6.07) is 0. The summed E-state index contributed by atoms with van der Waals surface area (Å²) < 4.78 is 17.3. The zero-order valence-electron chi connectivity index (χ0n) is 4.94. The Labute approximate surface area is 58.3 Å². The van der Waals surface area contributed by atoms with E-state index in [1.165, 1.54) is 0 Å². The molecule has 2 nitrogen and oxygen atoms in total. The van der Waals surface area contributed by atoms with Crippen molar-refractivity contribution in [3.05, 3.63) is 0 Å². The maximum atomic E-state index is 12.4. The molecule has 1 N–H and O–H groups in total. The molecule has 1 fully saturated rings. The molecule has 1 aliphatic heterocycles. The third-order valence-corrected chi connectivity index (χ3v) is 1.45. The molecule has 0 aromatic carbocycles. The third-order valence-electron chi connectivity index (χ3n) is 1.17. The molecule has 54 valence electrons. The highest BCUT2D eigenvalue weighted by molar-refractivity contribution is 6.19. The highest BCUT2D eigenvalue weighted by Gasteiger charge is 2.14. The van der Waals surface area contributed by atoms with Crippen LogP contribution in [0.3, 0.4) is 0 Å². The Morgan fingerprint density at radius 2 is 2.44 bits per heavy atom. The maximum absolute atomic E-state index is 12.4. The molecule has 0 amide bonds. The fraction of sp³-hybridized carbons (Fsp3) is 1.00.